The molecule has 4 amide bonds. The first-order chi connectivity index (χ1) is 18.3. The number of hydrogen-bond donors (Lipinski definition) is 2. The van der Waals surface area contributed by atoms with Gasteiger partial charge in [0, 0.05) is 28.4 Å². The fraction of sp³-hybridized carbons (Fsp3) is 0.111. The van der Waals surface area contributed by atoms with Crippen LogP contribution in [0, 0.1) is 5.82 Å². The largest absolute Gasteiger partial charge is 0.463 e. The molecule has 0 saturated carbocycles. The molecule has 0 unspecified atom stereocenters. The van der Waals surface area contributed by atoms with Crippen molar-refractivity contribution in [3.05, 3.63) is 95.5 Å². The second-order valence-electron chi connectivity index (χ2n) is 8.43. The number of aromatic nitrogens is 1. The quantitative estimate of drug-likeness (QED) is 0.218. The molecule has 10 nitrogen and oxygen atoms in total. The van der Waals surface area contributed by atoms with Crippen molar-refractivity contribution in [3.8, 4) is 0 Å². The fourth-order valence-corrected chi connectivity index (χ4v) is 4.14. The Labute approximate surface area is 215 Å². The number of rotatable bonds is 7. The van der Waals surface area contributed by atoms with Crippen molar-refractivity contribution >= 4 is 46.5 Å². The van der Waals surface area contributed by atoms with E-state index in [1.54, 1.807) is 16.8 Å². The summed E-state index contributed by atoms with van der Waals surface area (Å²) < 4.78 is 25.1. The molecule has 0 bridgehead atoms. The number of esters is 1. The number of benzene rings is 2. The first kappa shape index (κ1) is 24.5. The topological polar surface area (TPSA) is 123 Å². The number of para-hydroxylation sites is 1. The van der Waals surface area contributed by atoms with Crippen LogP contribution in [-0.4, -0.2) is 40.4 Å². The number of furan rings is 1. The number of fused-ring (bicyclic) bond motifs is 1. The minimum atomic E-state index is -0.671. The third-order valence-electron chi connectivity index (χ3n) is 5.87. The molecule has 2 aromatic heterocycles. The third kappa shape index (κ3) is 4.89. The highest BCUT2D eigenvalue weighted by Gasteiger charge is 2.34. The van der Waals surface area contributed by atoms with Crippen LogP contribution in [0.25, 0.3) is 17.0 Å². The van der Waals surface area contributed by atoms with Crippen molar-refractivity contribution < 1.29 is 32.7 Å². The Hall–Kier alpha value is -5.19. The van der Waals surface area contributed by atoms with Crippen LogP contribution in [0.5, 0.6) is 0 Å². The Bertz CT molecular complexity index is 1620. The van der Waals surface area contributed by atoms with Gasteiger partial charge in [-0.05, 0) is 42.5 Å². The van der Waals surface area contributed by atoms with Gasteiger partial charge in [-0.15, -0.1) is 0 Å². The van der Waals surface area contributed by atoms with Gasteiger partial charge in [-0.2, -0.15) is 0 Å². The average molecular weight is 516 g/mol. The highest BCUT2D eigenvalue weighted by Crippen LogP contribution is 2.26. The van der Waals surface area contributed by atoms with Gasteiger partial charge in [-0.1, -0.05) is 24.3 Å². The molecule has 0 aliphatic carbocycles. The molecule has 11 heteroatoms. The van der Waals surface area contributed by atoms with Crippen LogP contribution in [-0.2, 0) is 27.4 Å². The molecule has 38 heavy (non-hydrogen) atoms. The molecule has 0 spiro atoms. The van der Waals surface area contributed by atoms with Crippen molar-refractivity contribution in [2.75, 3.05) is 12.4 Å². The maximum absolute atomic E-state index is 13.5. The van der Waals surface area contributed by atoms with Crippen molar-refractivity contribution in [3.63, 3.8) is 0 Å². The number of carbonyl (C=O) groups excluding carboxylic acids is 4. The minimum absolute atomic E-state index is 0.0421. The van der Waals surface area contributed by atoms with Crippen molar-refractivity contribution in [1.82, 2.24) is 14.8 Å². The fourth-order valence-electron chi connectivity index (χ4n) is 4.14. The first-order valence-corrected chi connectivity index (χ1v) is 11.5. The Balaban J connectivity index is 1.37. The molecule has 1 aliphatic heterocycles. The molecule has 192 valence electrons. The maximum atomic E-state index is 13.5. The summed E-state index contributed by atoms with van der Waals surface area (Å²) in [5.74, 6) is -1.88. The van der Waals surface area contributed by atoms with Crippen LogP contribution in [0.4, 0.5) is 14.9 Å². The monoisotopic (exact) mass is 516 g/mol. The molecular weight excluding hydrogens is 495 g/mol. The standard InChI is InChI=1S/C27H21FN4O6/c1-37-26(35)23-10-9-19(38-23)14-32-25(34)21(30-27(32)36)11-16-13-31(22-8-3-2-7-20(16)22)15-24(33)29-18-6-4-5-17(28)12-18/h2-13H,14-15H2,1H3,(H,29,33)(H,30,36)/b21-11-. The zero-order valence-corrected chi connectivity index (χ0v) is 20.1. The van der Waals surface area contributed by atoms with Gasteiger partial charge in [0.05, 0.1) is 13.7 Å². The van der Waals surface area contributed by atoms with E-state index >= 15 is 0 Å². The normalized spacial score (nSPS) is 14.3. The maximum Gasteiger partial charge on any atom is 0.373 e. The number of nitrogens with zero attached hydrogens (tertiary/aromatic N) is 2. The van der Waals surface area contributed by atoms with E-state index in [-0.39, 0.29) is 36.2 Å². The van der Waals surface area contributed by atoms with Crippen molar-refractivity contribution in [2.45, 2.75) is 13.1 Å². The second kappa shape index (κ2) is 10.1. The van der Waals surface area contributed by atoms with Crippen LogP contribution in [0.3, 0.4) is 0 Å². The lowest BCUT2D eigenvalue weighted by Crippen LogP contribution is -2.30. The van der Waals surface area contributed by atoms with Gasteiger partial charge in [0.25, 0.3) is 5.91 Å². The van der Waals surface area contributed by atoms with Crippen LogP contribution < -0.4 is 10.6 Å². The Morgan fingerprint density at radius 2 is 1.92 bits per heavy atom. The number of nitrogens with one attached hydrogen (secondary N) is 2. The molecule has 3 heterocycles. The smallest absolute Gasteiger partial charge is 0.373 e. The summed E-state index contributed by atoms with van der Waals surface area (Å²) in [4.78, 5) is 50.7. The van der Waals surface area contributed by atoms with E-state index in [2.05, 4.69) is 15.4 Å². The van der Waals surface area contributed by atoms with E-state index in [1.165, 1.54) is 43.5 Å². The highest BCUT2D eigenvalue weighted by molar-refractivity contribution is 6.14. The molecule has 0 atom stereocenters. The number of halogens is 1. The molecule has 2 aromatic carbocycles. The van der Waals surface area contributed by atoms with Gasteiger partial charge in [-0.3, -0.25) is 14.5 Å². The van der Waals surface area contributed by atoms with E-state index in [0.29, 0.717) is 11.3 Å². The van der Waals surface area contributed by atoms with Gasteiger partial charge in [0.1, 0.15) is 23.8 Å². The van der Waals surface area contributed by atoms with E-state index < -0.39 is 23.7 Å². The number of anilines is 1. The summed E-state index contributed by atoms with van der Waals surface area (Å²) in [7, 11) is 1.22. The summed E-state index contributed by atoms with van der Waals surface area (Å²) in [6.45, 7) is -0.241. The van der Waals surface area contributed by atoms with Crippen LogP contribution in [0.2, 0.25) is 0 Å². The highest BCUT2D eigenvalue weighted by atomic mass is 19.1. The van der Waals surface area contributed by atoms with Gasteiger partial charge < -0.3 is 24.4 Å². The number of ether oxygens (including phenoxy) is 1. The Kier molecular flexibility index (Phi) is 6.48. The van der Waals surface area contributed by atoms with Gasteiger partial charge >= 0.3 is 12.0 Å². The van der Waals surface area contributed by atoms with E-state index in [0.717, 1.165) is 15.8 Å². The zero-order chi connectivity index (χ0) is 26.8. The van der Waals surface area contributed by atoms with E-state index in [1.807, 2.05) is 24.3 Å². The van der Waals surface area contributed by atoms with Crippen molar-refractivity contribution in [2.24, 2.45) is 0 Å². The second-order valence-corrected chi connectivity index (χ2v) is 8.43. The number of urea groups is 1. The molecule has 1 saturated heterocycles. The summed E-state index contributed by atoms with van der Waals surface area (Å²) in [5, 5.41) is 5.98. The molecule has 0 radical (unpaired) electrons. The predicted molar refractivity (Wildman–Crippen MR) is 134 cm³/mol. The number of amides is 4. The number of imide groups is 1. The number of methoxy groups -OCH3 is 1. The Morgan fingerprint density at radius 3 is 2.71 bits per heavy atom. The van der Waals surface area contributed by atoms with Crippen molar-refractivity contribution in [1.29, 1.82) is 0 Å². The molecular formula is C27H21FN4O6. The average Bonchev–Trinajstić information content (AvgIpc) is 3.57. The first-order valence-electron chi connectivity index (χ1n) is 11.5. The lowest BCUT2D eigenvalue weighted by Gasteiger charge is -2.09. The zero-order valence-electron chi connectivity index (χ0n) is 20.1. The number of carbonyl (C=O) groups is 4. The van der Waals surface area contributed by atoms with E-state index in [9.17, 15) is 23.6 Å². The summed E-state index contributed by atoms with van der Waals surface area (Å²) in [6, 6.07) is 15.1. The van der Waals surface area contributed by atoms with Crippen LogP contribution in [0.15, 0.2) is 77.0 Å². The van der Waals surface area contributed by atoms with Gasteiger partial charge in [0.15, 0.2) is 0 Å². The van der Waals surface area contributed by atoms with Crippen LogP contribution >= 0.6 is 0 Å². The Morgan fingerprint density at radius 1 is 1.11 bits per heavy atom. The molecule has 5 rings (SSSR count). The summed E-state index contributed by atoms with van der Waals surface area (Å²) >= 11 is 0. The summed E-state index contributed by atoms with van der Waals surface area (Å²) in [6.07, 6.45) is 3.23. The molecule has 4 aromatic rings. The van der Waals surface area contributed by atoms with Gasteiger partial charge in [0.2, 0.25) is 11.7 Å². The SMILES string of the molecule is COC(=O)c1ccc(CN2C(=O)N/C(=C\c3cn(CC(=O)Nc4cccc(F)c4)c4ccccc34)C2=O)o1. The lowest BCUT2D eigenvalue weighted by atomic mass is 10.1. The van der Waals surface area contributed by atoms with Gasteiger partial charge in [-0.25, -0.2) is 14.0 Å². The molecule has 2 N–H and O–H groups in total. The minimum Gasteiger partial charge on any atom is -0.463 e. The van der Waals surface area contributed by atoms with Crippen LogP contribution in [0.1, 0.15) is 21.9 Å². The third-order valence-corrected chi connectivity index (χ3v) is 5.87. The number of hydrogen-bond acceptors (Lipinski definition) is 6. The predicted octanol–water partition coefficient (Wildman–Crippen LogP) is 3.89. The molecule has 1 aliphatic rings. The lowest BCUT2D eigenvalue weighted by molar-refractivity contribution is -0.123. The summed E-state index contributed by atoms with van der Waals surface area (Å²) in [5.41, 5.74) is 1.72. The van der Waals surface area contributed by atoms with E-state index in [4.69, 9.17) is 4.42 Å². The molecule has 1 fully saturated rings.